The van der Waals surface area contributed by atoms with Crippen LogP contribution in [0, 0.1) is 0 Å². The molecule has 0 bridgehead atoms. The van der Waals surface area contributed by atoms with Gasteiger partial charge in [-0.3, -0.25) is 9.69 Å². The Balaban J connectivity index is 4.27. The van der Waals surface area contributed by atoms with E-state index in [0.29, 0.717) is 19.8 Å². The first-order valence-electron chi connectivity index (χ1n) is 7.60. The number of nitrogens with one attached hydrogen (secondary N) is 1. The van der Waals surface area contributed by atoms with Gasteiger partial charge in [-0.1, -0.05) is 0 Å². The zero-order valence-electron chi connectivity index (χ0n) is 14.2. The van der Waals surface area contributed by atoms with Crippen LogP contribution in [0.3, 0.4) is 0 Å². The van der Waals surface area contributed by atoms with E-state index in [1.807, 2.05) is 13.8 Å². The number of hydrogen-bond donors (Lipinski definition) is 1. The van der Waals surface area contributed by atoms with E-state index >= 15 is 0 Å². The summed E-state index contributed by atoms with van der Waals surface area (Å²) in [6.45, 7) is 8.17. The van der Waals surface area contributed by atoms with Crippen molar-refractivity contribution in [3.05, 3.63) is 0 Å². The number of methoxy groups -OCH3 is 2. The molecule has 0 radical (unpaired) electrons. The highest BCUT2D eigenvalue weighted by molar-refractivity contribution is 5.80. The second-order valence-electron chi connectivity index (χ2n) is 5.23. The highest BCUT2D eigenvalue weighted by atomic mass is 16.5. The van der Waals surface area contributed by atoms with E-state index in [2.05, 4.69) is 10.2 Å². The van der Waals surface area contributed by atoms with E-state index in [-0.39, 0.29) is 5.97 Å². The number of rotatable bonds is 13. The Labute approximate surface area is 129 Å². The van der Waals surface area contributed by atoms with Gasteiger partial charge in [-0.2, -0.15) is 0 Å². The zero-order valence-corrected chi connectivity index (χ0v) is 14.2. The van der Waals surface area contributed by atoms with Gasteiger partial charge in [0.2, 0.25) is 0 Å². The average Bonchev–Trinajstić information content (AvgIpc) is 2.49. The Morgan fingerprint density at radius 1 is 1.14 bits per heavy atom. The van der Waals surface area contributed by atoms with Crippen LogP contribution in [0.1, 0.15) is 26.7 Å². The van der Waals surface area contributed by atoms with Crippen molar-refractivity contribution in [1.29, 1.82) is 0 Å². The van der Waals surface area contributed by atoms with E-state index in [1.54, 1.807) is 21.3 Å². The van der Waals surface area contributed by atoms with Crippen molar-refractivity contribution in [3.63, 3.8) is 0 Å². The quantitative estimate of drug-likeness (QED) is 0.510. The first-order valence-corrected chi connectivity index (χ1v) is 7.60. The predicted molar refractivity (Wildman–Crippen MR) is 83.5 cm³/mol. The Morgan fingerprint density at radius 3 is 2.14 bits per heavy atom. The number of nitrogens with zero attached hydrogens (tertiary/aromatic N) is 1. The largest absolute Gasteiger partial charge is 0.465 e. The number of carbonyl (C=O) groups excluding carboxylic acids is 1. The highest BCUT2D eigenvalue weighted by Gasteiger charge is 2.32. The van der Waals surface area contributed by atoms with Crippen molar-refractivity contribution in [2.45, 2.75) is 32.2 Å². The van der Waals surface area contributed by atoms with Gasteiger partial charge in [0.05, 0.1) is 19.8 Å². The van der Waals surface area contributed by atoms with Crippen LogP contribution < -0.4 is 5.32 Å². The third-order valence-electron chi connectivity index (χ3n) is 3.65. The molecule has 126 valence electrons. The van der Waals surface area contributed by atoms with E-state index in [0.717, 1.165) is 32.5 Å². The molecule has 1 unspecified atom stereocenters. The lowest BCUT2D eigenvalue weighted by atomic mass is 9.96. The van der Waals surface area contributed by atoms with Crippen molar-refractivity contribution < 1.29 is 19.0 Å². The molecule has 0 saturated carbocycles. The second-order valence-corrected chi connectivity index (χ2v) is 5.23. The SMILES string of the molecule is CCOC(=O)C(C)(CCCN(CCOC)CCOC)NC. The molecular weight excluding hydrogens is 272 g/mol. The van der Waals surface area contributed by atoms with Gasteiger partial charge in [0.15, 0.2) is 0 Å². The van der Waals surface area contributed by atoms with Crippen molar-refractivity contribution in [2.75, 3.05) is 60.7 Å². The zero-order chi connectivity index (χ0) is 16.1. The summed E-state index contributed by atoms with van der Waals surface area (Å²) in [6, 6.07) is 0. The van der Waals surface area contributed by atoms with Crippen LogP contribution in [0.4, 0.5) is 0 Å². The summed E-state index contributed by atoms with van der Waals surface area (Å²) in [5.41, 5.74) is -0.621. The summed E-state index contributed by atoms with van der Waals surface area (Å²) in [7, 11) is 5.20. The Kier molecular flexibility index (Phi) is 11.5. The molecule has 21 heavy (non-hydrogen) atoms. The fraction of sp³-hybridized carbons (Fsp3) is 0.933. The molecule has 0 spiro atoms. The topological polar surface area (TPSA) is 60.0 Å². The number of likely N-dealkylation sites (N-methyl/N-ethyl adjacent to an activating group) is 1. The Bertz CT molecular complexity index is 268. The molecule has 0 saturated heterocycles. The molecule has 0 aromatic carbocycles. The van der Waals surface area contributed by atoms with Crippen LogP contribution in [-0.4, -0.2) is 77.1 Å². The maximum atomic E-state index is 12.0. The molecule has 0 aliphatic rings. The minimum atomic E-state index is -0.621. The molecule has 1 atom stereocenters. The number of carbonyl (C=O) groups is 1. The second kappa shape index (κ2) is 11.9. The lowest BCUT2D eigenvalue weighted by Crippen LogP contribution is -2.49. The normalized spacial score (nSPS) is 14.2. The van der Waals surface area contributed by atoms with Gasteiger partial charge in [0.1, 0.15) is 5.54 Å². The van der Waals surface area contributed by atoms with Crippen LogP contribution in [-0.2, 0) is 19.0 Å². The van der Waals surface area contributed by atoms with E-state index in [4.69, 9.17) is 14.2 Å². The van der Waals surface area contributed by atoms with Crippen LogP contribution >= 0.6 is 0 Å². The number of hydrogen-bond acceptors (Lipinski definition) is 6. The smallest absolute Gasteiger partial charge is 0.326 e. The molecule has 0 aromatic heterocycles. The lowest BCUT2D eigenvalue weighted by Gasteiger charge is -2.28. The predicted octanol–water partition coefficient (Wildman–Crippen LogP) is 0.903. The summed E-state index contributed by atoms with van der Waals surface area (Å²) in [4.78, 5) is 14.3. The summed E-state index contributed by atoms with van der Waals surface area (Å²) >= 11 is 0. The molecule has 0 aliphatic carbocycles. The Morgan fingerprint density at radius 2 is 1.71 bits per heavy atom. The fourth-order valence-electron chi connectivity index (χ4n) is 2.05. The summed E-state index contributed by atoms with van der Waals surface area (Å²) in [5, 5.41) is 3.08. The van der Waals surface area contributed by atoms with Crippen molar-refractivity contribution in [2.24, 2.45) is 0 Å². The van der Waals surface area contributed by atoms with E-state index in [9.17, 15) is 4.79 Å². The molecule has 1 N–H and O–H groups in total. The summed E-state index contributed by atoms with van der Waals surface area (Å²) < 4.78 is 15.4. The van der Waals surface area contributed by atoms with Gasteiger partial charge >= 0.3 is 5.97 Å². The standard InChI is InChI=1S/C15H32N2O4/c1-6-21-14(18)15(2,16-3)8-7-9-17(10-12-19-4)11-13-20-5/h16H,6-13H2,1-5H3. The van der Waals surface area contributed by atoms with Gasteiger partial charge < -0.3 is 19.5 Å². The molecule has 6 nitrogen and oxygen atoms in total. The minimum Gasteiger partial charge on any atom is -0.465 e. The van der Waals surface area contributed by atoms with Crippen molar-refractivity contribution >= 4 is 5.97 Å². The van der Waals surface area contributed by atoms with Crippen LogP contribution in [0.5, 0.6) is 0 Å². The molecule has 0 rings (SSSR count). The van der Waals surface area contributed by atoms with Crippen LogP contribution in [0.2, 0.25) is 0 Å². The summed E-state index contributed by atoms with van der Waals surface area (Å²) in [5.74, 6) is -0.187. The number of esters is 1. The molecular formula is C15H32N2O4. The van der Waals surface area contributed by atoms with Crippen molar-refractivity contribution in [1.82, 2.24) is 10.2 Å². The van der Waals surface area contributed by atoms with Gasteiger partial charge in [-0.25, -0.2) is 0 Å². The maximum absolute atomic E-state index is 12.0. The van der Waals surface area contributed by atoms with E-state index in [1.165, 1.54) is 0 Å². The Hall–Kier alpha value is -0.690. The molecule has 6 heteroatoms. The fourth-order valence-corrected chi connectivity index (χ4v) is 2.05. The highest BCUT2D eigenvalue weighted by Crippen LogP contribution is 2.14. The van der Waals surface area contributed by atoms with Gasteiger partial charge in [0, 0.05) is 27.3 Å². The molecule has 0 heterocycles. The monoisotopic (exact) mass is 304 g/mol. The van der Waals surface area contributed by atoms with Gasteiger partial charge in [-0.15, -0.1) is 0 Å². The molecule has 0 aromatic rings. The maximum Gasteiger partial charge on any atom is 0.326 e. The van der Waals surface area contributed by atoms with Crippen LogP contribution in [0.25, 0.3) is 0 Å². The first kappa shape index (κ1) is 20.3. The van der Waals surface area contributed by atoms with Gasteiger partial charge in [0.25, 0.3) is 0 Å². The van der Waals surface area contributed by atoms with Crippen molar-refractivity contribution in [3.8, 4) is 0 Å². The minimum absolute atomic E-state index is 0.187. The summed E-state index contributed by atoms with van der Waals surface area (Å²) in [6.07, 6.45) is 1.64. The third kappa shape index (κ3) is 8.36. The molecule has 0 fully saturated rings. The first-order chi connectivity index (χ1) is 10.0. The lowest BCUT2D eigenvalue weighted by molar-refractivity contribution is -0.150. The van der Waals surface area contributed by atoms with Crippen LogP contribution in [0.15, 0.2) is 0 Å². The molecule has 0 amide bonds. The van der Waals surface area contributed by atoms with Gasteiger partial charge in [-0.05, 0) is 40.3 Å². The molecule has 0 aliphatic heterocycles. The average molecular weight is 304 g/mol. The number of ether oxygens (including phenoxy) is 3. The van der Waals surface area contributed by atoms with E-state index < -0.39 is 5.54 Å². The third-order valence-corrected chi connectivity index (χ3v) is 3.65.